The fourth-order valence-corrected chi connectivity index (χ4v) is 3.46. The van der Waals surface area contributed by atoms with Crippen LogP contribution in [-0.4, -0.2) is 39.3 Å². The van der Waals surface area contributed by atoms with E-state index in [1.165, 1.54) is 23.5 Å². The Labute approximate surface area is 166 Å². The maximum Gasteiger partial charge on any atom is 0.205 e. The molecule has 2 aromatic carbocycles. The first-order valence-electron chi connectivity index (χ1n) is 8.35. The summed E-state index contributed by atoms with van der Waals surface area (Å²) < 4.78 is 31.2. The lowest BCUT2D eigenvalue weighted by atomic mass is 10.1. The van der Waals surface area contributed by atoms with Gasteiger partial charge in [-0.1, -0.05) is 0 Å². The second kappa shape index (κ2) is 8.71. The first-order chi connectivity index (χ1) is 13.6. The minimum absolute atomic E-state index is 0.290. The number of benzene rings is 2. The Morgan fingerprint density at radius 1 is 1.00 bits per heavy atom. The largest absolute Gasteiger partial charge is 0.496 e. The van der Waals surface area contributed by atoms with E-state index in [0.29, 0.717) is 27.6 Å². The summed E-state index contributed by atoms with van der Waals surface area (Å²) >= 11 is 1.44. The highest BCUT2D eigenvalue weighted by atomic mass is 32.1. The van der Waals surface area contributed by atoms with Crippen molar-refractivity contribution in [3.8, 4) is 28.5 Å². The Balaban J connectivity index is 2.11. The summed E-state index contributed by atoms with van der Waals surface area (Å²) in [6.45, 7) is 0. The SMILES string of the molecule is CN=c1scc(-c2ccc(F)cc2)n1/N=C/c1c(OC)cc(OC)cc1OC. The van der Waals surface area contributed by atoms with Crippen LogP contribution in [0.3, 0.4) is 0 Å². The van der Waals surface area contributed by atoms with Crippen molar-refractivity contribution in [1.82, 2.24) is 4.68 Å². The molecule has 0 atom stereocenters. The number of ether oxygens (including phenoxy) is 3. The van der Waals surface area contributed by atoms with Gasteiger partial charge in [-0.15, -0.1) is 11.3 Å². The number of methoxy groups -OCH3 is 3. The van der Waals surface area contributed by atoms with Crippen molar-refractivity contribution in [2.75, 3.05) is 28.4 Å². The van der Waals surface area contributed by atoms with Crippen LogP contribution in [0.4, 0.5) is 4.39 Å². The minimum Gasteiger partial charge on any atom is -0.496 e. The Hall–Kier alpha value is -3.13. The monoisotopic (exact) mass is 401 g/mol. The molecule has 0 aliphatic carbocycles. The summed E-state index contributed by atoms with van der Waals surface area (Å²) in [7, 11) is 6.41. The lowest BCUT2D eigenvalue weighted by Crippen LogP contribution is -2.11. The van der Waals surface area contributed by atoms with Crippen LogP contribution in [0.25, 0.3) is 11.3 Å². The molecule has 0 spiro atoms. The number of rotatable bonds is 6. The standard InChI is InChI=1S/C20H20FN3O3S/c1-22-20-24(17(12-28-20)13-5-7-14(21)8-6-13)23-11-16-18(26-3)9-15(25-2)10-19(16)27-4/h5-12H,1-4H3/b22-20?,23-11+. The molecule has 1 heterocycles. The highest BCUT2D eigenvalue weighted by Crippen LogP contribution is 2.32. The van der Waals surface area contributed by atoms with Crippen LogP contribution in [0.15, 0.2) is 51.9 Å². The fourth-order valence-electron chi connectivity index (χ4n) is 2.66. The molecule has 0 aliphatic rings. The van der Waals surface area contributed by atoms with Gasteiger partial charge in [-0.3, -0.25) is 4.99 Å². The zero-order chi connectivity index (χ0) is 20.1. The summed E-state index contributed by atoms with van der Waals surface area (Å²) in [6.07, 6.45) is 1.64. The second-order valence-corrected chi connectivity index (χ2v) is 6.47. The average Bonchev–Trinajstić information content (AvgIpc) is 3.14. The van der Waals surface area contributed by atoms with E-state index < -0.39 is 0 Å². The van der Waals surface area contributed by atoms with Crippen molar-refractivity contribution in [2.45, 2.75) is 0 Å². The van der Waals surface area contributed by atoms with Gasteiger partial charge >= 0.3 is 0 Å². The predicted octanol–water partition coefficient (Wildman–Crippen LogP) is 3.79. The van der Waals surface area contributed by atoms with Crippen molar-refractivity contribution in [1.29, 1.82) is 0 Å². The van der Waals surface area contributed by atoms with Crippen molar-refractivity contribution < 1.29 is 18.6 Å². The molecule has 3 rings (SSSR count). The molecule has 0 saturated heterocycles. The molecule has 3 aromatic rings. The molecule has 0 radical (unpaired) electrons. The molecular weight excluding hydrogens is 381 g/mol. The summed E-state index contributed by atoms with van der Waals surface area (Å²) in [5.74, 6) is 1.45. The lowest BCUT2D eigenvalue weighted by Gasteiger charge is -2.12. The number of hydrogen-bond acceptors (Lipinski definition) is 6. The highest BCUT2D eigenvalue weighted by Gasteiger charge is 2.13. The molecule has 8 heteroatoms. The first-order valence-corrected chi connectivity index (χ1v) is 9.23. The fraction of sp³-hybridized carbons (Fsp3) is 0.200. The van der Waals surface area contributed by atoms with Crippen LogP contribution in [0.2, 0.25) is 0 Å². The van der Waals surface area contributed by atoms with Crippen LogP contribution in [0.5, 0.6) is 17.2 Å². The van der Waals surface area contributed by atoms with Gasteiger partial charge in [0.15, 0.2) is 0 Å². The molecule has 0 fully saturated rings. The number of aromatic nitrogens is 1. The van der Waals surface area contributed by atoms with Crippen molar-refractivity contribution in [3.63, 3.8) is 0 Å². The summed E-state index contributed by atoms with van der Waals surface area (Å²) in [5, 5.41) is 6.52. The van der Waals surface area contributed by atoms with Gasteiger partial charge in [-0.25, -0.2) is 9.07 Å². The van der Waals surface area contributed by atoms with Gasteiger partial charge in [-0.2, -0.15) is 5.10 Å². The molecular formula is C20H20FN3O3S. The number of halogens is 1. The van der Waals surface area contributed by atoms with Crippen LogP contribution in [0, 0.1) is 5.82 Å². The summed E-state index contributed by atoms with van der Waals surface area (Å²) in [4.78, 5) is 4.97. The van der Waals surface area contributed by atoms with E-state index in [1.54, 1.807) is 63.5 Å². The van der Waals surface area contributed by atoms with E-state index in [9.17, 15) is 4.39 Å². The number of hydrogen-bond donors (Lipinski definition) is 0. The van der Waals surface area contributed by atoms with Gasteiger partial charge < -0.3 is 14.2 Å². The van der Waals surface area contributed by atoms with Crippen LogP contribution in [-0.2, 0) is 0 Å². The maximum atomic E-state index is 13.3. The number of nitrogens with zero attached hydrogens (tertiary/aromatic N) is 3. The molecule has 0 unspecified atom stereocenters. The Morgan fingerprint density at radius 2 is 1.64 bits per heavy atom. The van der Waals surface area contributed by atoms with E-state index in [4.69, 9.17) is 14.2 Å². The topological polar surface area (TPSA) is 57.3 Å². The first kappa shape index (κ1) is 19.6. The third-order valence-corrected chi connectivity index (χ3v) is 4.98. The van der Waals surface area contributed by atoms with Gasteiger partial charge in [0, 0.05) is 30.1 Å². The van der Waals surface area contributed by atoms with Crippen LogP contribution < -0.4 is 19.0 Å². The van der Waals surface area contributed by atoms with Gasteiger partial charge in [0.05, 0.1) is 38.8 Å². The molecule has 0 amide bonds. The quantitative estimate of drug-likeness (QED) is 0.591. The van der Waals surface area contributed by atoms with Crippen molar-refractivity contribution in [3.05, 3.63) is 58.0 Å². The molecule has 0 bridgehead atoms. The van der Waals surface area contributed by atoms with Crippen molar-refractivity contribution in [2.24, 2.45) is 10.1 Å². The minimum atomic E-state index is -0.290. The lowest BCUT2D eigenvalue weighted by molar-refractivity contribution is 0.374. The van der Waals surface area contributed by atoms with Crippen LogP contribution >= 0.6 is 11.3 Å². The number of thiazole rings is 1. The van der Waals surface area contributed by atoms with E-state index in [-0.39, 0.29) is 5.82 Å². The van der Waals surface area contributed by atoms with Gasteiger partial charge in [0.25, 0.3) is 0 Å². The summed E-state index contributed by atoms with van der Waals surface area (Å²) in [5.41, 5.74) is 2.29. The predicted molar refractivity (Wildman–Crippen MR) is 108 cm³/mol. The molecule has 0 N–H and O–H groups in total. The summed E-state index contributed by atoms with van der Waals surface area (Å²) in [6, 6.07) is 9.76. The molecule has 0 aliphatic heterocycles. The molecule has 6 nitrogen and oxygen atoms in total. The van der Waals surface area contributed by atoms with E-state index in [0.717, 1.165) is 11.3 Å². The van der Waals surface area contributed by atoms with Gasteiger partial charge in [0.2, 0.25) is 4.80 Å². The third kappa shape index (κ3) is 3.91. The van der Waals surface area contributed by atoms with E-state index in [2.05, 4.69) is 10.1 Å². The molecule has 0 saturated carbocycles. The zero-order valence-corrected chi connectivity index (χ0v) is 16.8. The third-order valence-electron chi connectivity index (χ3n) is 4.07. The normalized spacial score (nSPS) is 11.8. The Morgan fingerprint density at radius 3 is 2.18 bits per heavy atom. The van der Waals surface area contributed by atoms with E-state index in [1.807, 2.05) is 5.38 Å². The molecule has 146 valence electrons. The zero-order valence-electron chi connectivity index (χ0n) is 16.0. The van der Waals surface area contributed by atoms with Crippen LogP contribution in [0.1, 0.15) is 5.56 Å². The highest BCUT2D eigenvalue weighted by molar-refractivity contribution is 7.07. The van der Waals surface area contributed by atoms with E-state index >= 15 is 0 Å². The van der Waals surface area contributed by atoms with Gasteiger partial charge in [-0.05, 0) is 24.3 Å². The van der Waals surface area contributed by atoms with Crippen molar-refractivity contribution >= 4 is 17.6 Å². The smallest absolute Gasteiger partial charge is 0.205 e. The Kier molecular flexibility index (Phi) is 6.10. The Bertz CT molecular complexity index is 1030. The maximum absolute atomic E-state index is 13.3. The van der Waals surface area contributed by atoms with Gasteiger partial charge in [0.1, 0.15) is 23.1 Å². The molecule has 1 aromatic heterocycles. The second-order valence-electron chi connectivity index (χ2n) is 5.64. The average molecular weight is 401 g/mol. The molecule has 28 heavy (non-hydrogen) atoms.